The van der Waals surface area contributed by atoms with E-state index in [1.165, 1.54) is 55.9 Å². The Morgan fingerprint density at radius 2 is 1.48 bits per heavy atom. The van der Waals surface area contributed by atoms with E-state index >= 15 is 0 Å². The summed E-state index contributed by atoms with van der Waals surface area (Å²) in [6.45, 7) is 11.7. The van der Waals surface area contributed by atoms with Gasteiger partial charge in [0.25, 0.3) is 0 Å². The van der Waals surface area contributed by atoms with Crippen LogP contribution in [0.4, 0.5) is 4.79 Å². The third kappa shape index (κ3) is 7.14. The molecule has 1 amide bonds. The van der Waals surface area contributed by atoms with E-state index in [9.17, 15) is 23.1 Å². The average Bonchev–Trinajstić information content (AvgIpc) is 2.90. The number of carboxylic acids is 1. The zero-order chi connectivity index (χ0) is 32.1. The quantitative estimate of drug-likeness (QED) is 0.292. The summed E-state index contributed by atoms with van der Waals surface area (Å²) in [6, 6.07) is 11.6. The standard InChI is InChI=1S/C35H47NO6S2/c1-33(2,3)29-16-27(11-12-28(29)35-17-23-13-24(18-35)15-25(14-23)19-35)44(40,41)26-9-7-22(8-10-26)20-43-21-30(31(37)38)36-32(39)42-34(4,5)6/h7-12,16,23-25,30H,13-15,17-21H2,1-6H3,(H,36,39)(H,37,38). The fourth-order valence-electron chi connectivity index (χ4n) is 8.03. The molecule has 2 aromatic rings. The number of carbonyl (C=O) groups is 2. The zero-order valence-corrected chi connectivity index (χ0v) is 28.4. The van der Waals surface area contributed by atoms with E-state index in [4.69, 9.17) is 4.74 Å². The lowest BCUT2D eigenvalue weighted by Gasteiger charge is -2.58. The molecule has 1 atom stereocenters. The first-order chi connectivity index (χ1) is 20.4. The molecular weight excluding hydrogens is 595 g/mol. The van der Waals surface area contributed by atoms with E-state index in [2.05, 4.69) is 32.2 Å². The van der Waals surface area contributed by atoms with Crippen molar-refractivity contribution >= 4 is 33.7 Å². The van der Waals surface area contributed by atoms with Gasteiger partial charge in [-0.2, -0.15) is 11.8 Å². The lowest BCUT2D eigenvalue weighted by Crippen LogP contribution is -2.49. The fourth-order valence-corrected chi connectivity index (χ4v) is 10.3. The minimum absolute atomic E-state index is 0.139. The van der Waals surface area contributed by atoms with Crippen LogP contribution in [0.5, 0.6) is 0 Å². The van der Waals surface area contributed by atoms with Gasteiger partial charge in [0.05, 0.1) is 9.79 Å². The molecule has 6 rings (SSSR count). The highest BCUT2D eigenvalue weighted by Crippen LogP contribution is 2.61. The molecule has 0 radical (unpaired) electrons. The number of sulfone groups is 1. The second-order valence-corrected chi connectivity index (χ2v) is 18.3. The van der Waals surface area contributed by atoms with Crippen molar-refractivity contribution in [2.45, 2.75) is 118 Å². The molecule has 44 heavy (non-hydrogen) atoms. The van der Waals surface area contributed by atoms with Crippen LogP contribution in [0.25, 0.3) is 0 Å². The number of hydrogen-bond acceptors (Lipinski definition) is 6. The van der Waals surface area contributed by atoms with E-state index in [-0.39, 0.29) is 21.5 Å². The van der Waals surface area contributed by atoms with Gasteiger partial charge in [-0.25, -0.2) is 18.0 Å². The Morgan fingerprint density at radius 3 is 1.98 bits per heavy atom. The summed E-state index contributed by atoms with van der Waals surface area (Å²) in [5.41, 5.74) is 2.66. The maximum Gasteiger partial charge on any atom is 0.408 e. The van der Waals surface area contributed by atoms with Gasteiger partial charge in [0.15, 0.2) is 0 Å². The predicted octanol–water partition coefficient (Wildman–Crippen LogP) is 7.50. The van der Waals surface area contributed by atoms with Crippen LogP contribution in [0.15, 0.2) is 52.3 Å². The summed E-state index contributed by atoms with van der Waals surface area (Å²) < 4.78 is 32.9. The van der Waals surface area contributed by atoms with Crippen molar-refractivity contribution in [1.29, 1.82) is 0 Å². The minimum atomic E-state index is -3.73. The first-order valence-corrected chi connectivity index (χ1v) is 18.4. The lowest BCUT2D eigenvalue weighted by atomic mass is 9.47. The average molecular weight is 642 g/mol. The number of amides is 1. The summed E-state index contributed by atoms with van der Waals surface area (Å²) in [6.07, 6.45) is 7.03. The summed E-state index contributed by atoms with van der Waals surface area (Å²) >= 11 is 1.34. The SMILES string of the molecule is CC(C)(C)OC(=O)NC(CSCc1ccc(S(=O)(=O)c2ccc(C34CC5CC(CC(C5)C3)C4)c(C(C)(C)C)c2)cc1)C(=O)O. The number of aliphatic carboxylic acids is 1. The predicted molar refractivity (Wildman–Crippen MR) is 174 cm³/mol. The van der Waals surface area contributed by atoms with Crippen molar-refractivity contribution in [3.63, 3.8) is 0 Å². The molecule has 2 aromatic carbocycles. The van der Waals surface area contributed by atoms with Crippen LogP contribution in [-0.2, 0) is 36.0 Å². The van der Waals surface area contributed by atoms with Gasteiger partial charge in [-0.15, -0.1) is 0 Å². The van der Waals surface area contributed by atoms with Crippen molar-refractivity contribution < 1.29 is 27.9 Å². The van der Waals surface area contributed by atoms with Gasteiger partial charge in [-0.1, -0.05) is 39.0 Å². The largest absolute Gasteiger partial charge is 0.480 e. The third-order valence-electron chi connectivity index (χ3n) is 9.49. The molecule has 0 aromatic heterocycles. The number of benzene rings is 2. The highest BCUT2D eigenvalue weighted by molar-refractivity contribution is 7.98. The summed E-state index contributed by atoms with van der Waals surface area (Å²) in [4.78, 5) is 24.2. The maximum absolute atomic E-state index is 13.8. The number of ether oxygens (including phenoxy) is 1. The number of thioether (sulfide) groups is 1. The van der Waals surface area contributed by atoms with Gasteiger partial charge < -0.3 is 15.2 Å². The molecule has 4 fully saturated rings. The van der Waals surface area contributed by atoms with Crippen LogP contribution >= 0.6 is 11.8 Å². The molecule has 9 heteroatoms. The number of carbonyl (C=O) groups excluding carboxylic acids is 1. The second-order valence-electron chi connectivity index (χ2n) is 15.4. The Bertz CT molecular complexity index is 1470. The Hall–Kier alpha value is -2.52. The van der Waals surface area contributed by atoms with Crippen LogP contribution in [0.1, 0.15) is 96.8 Å². The van der Waals surface area contributed by atoms with Gasteiger partial charge in [0, 0.05) is 11.5 Å². The molecule has 4 saturated carbocycles. The number of hydrogen-bond donors (Lipinski definition) is 2. The Kier molecular flexibility index (Phi) is 8.97. The monoisotopic (exact) mass is 641 g/mol. The molecule has 4 bridgehead atoms. The maximum atomic E-state index is 13.8. The van der Waals surface area contributed by atoms with E-state index < -0.39 is 33.5 Å². The van der Waals surface area contributed by atoms with Crippen molar-refractivity contribution in [2.75, 3.05) is 5.75 Å². The highest BCUT2D eigenvalue weighted by Gasteiger charge is 2.52. The topological polar surface area (TPSA) is 110 Å². The normalized spacial score (nSPS) is 25.5. The van der Waals surface area contributed by atoms with Crippen molar-refractivity contribution in [3.8, 4) is 0 Å². The molecule has 0 aliphatic heterocycles. The molecule has 4 aliphatic carbocycles. The van der Waals surface area contributed by atoms with Crippen LogP contribution < -0.4 is 5.32 Å². The van der Waals surface area contributed by atoms with Crippen molar-refractivity contribution in [1.82, 2.24) is 5.32 Å². The number of nitrogens with one attached hydrogen (secondary N) is 1. The van der Waals surface area contributed by atoms with Gasteiger partial charge >= 0.3 is 12.1 Å². The van der Waals surface area contributed by atoms with Crippen LogP contribution in [0, 0.1) is 17.8 Å². The number of carboxylic acid groups (broad SMARTS) is 1. The zero-order valence-electron chi connectivity index (χ0n) is 26.8. The molecule has 0 heterocycles. The molecule has 1 unspecified atom stereocenters. The van der Waals surface area contributed by atoms with Gasteiger partial charge in [-0.3, -0.25) is 0 Å². The highest BCUT2D eigenvalue weighted by atomic mass is 32.2. The Balaban J connectivity index is 1.29. The summed E-state index contributed by atoms with van der Waals surface area (Å²) in [7, 11) is -3.73. The van der Waals surface area contributed by atoms with Gasteiger partial charge in [0.2, 0.25) is 9.84 Å². The molecule has 0 saturated heterocycles. The molecular formula is C35H47NO6S2. The van der Waals surface area contributed by atoms with E-state index in [1.54, 1.807) is 45.0 Å². The number of rotatable bonds is 9. The van der Waals surface area contributed by atoms with E-state index in [1.807, 2.05) is 12.1 Å². The smallest absolute Gasteiger partial charge is 0.408 e. The van der Waals surface area contributed by atoms with Crippen LogP contribution in [0.3, 0.4) is 0 Å². The van der Waals surface area contributed by atoms with Crippen molar-refractivity contribution in [2.24, 2.45) is 17.8 Å². The second kappa shape index (κ2) is 12.0. The summed E-state index contributed by atoms with van der Waals surface area (Å²) in [5, 5.41) is 11.9. The third-order valence-corrected chi connectivity index (χ3v) is 12.4. The molecule has 2 N–H and O–H groups in total. The van der Waals surface area contributed by atoms with Crippen molar-refractivity contribution in [3.05, 3.63) is 59.2 Å². The Morgan fingerprint density at radius 1 is 0.932 bits per heavy atom. The first-order valence-electron chi connectivity index (χ1n) is 15.7. The van der Waals surface area contributed by atoms with Gasteiger partial charge in [-0.05, 0) is 129 Å². The summed E-state index contributed by atoms with van der Waals surface area (Å²) in [5.74, 6) is 1.89. The van der Waals surface area contributed by atoms with Crippen LogP contribution in [0.2, 0.25) is 0 Å². The lowest BCUT2D eigenvalue weighted by molar-refractivity contribution is -0.138. The van der Waals surface area contributed by atoms with E-state index in [0.29, 0.717) is 10.6 Å². The number of alkyl carbamates (subject to hydrolysis) is 1. The van der Waals surface area contributed by atoms with Crippen LogP contribution in [-0.4, -0.2) is 43.0 Å². The minimum Gasteiger partial charge on any atom is -0.480 e. The molecule has 7 nitrogen and oxygen atoms in total. The first kappa shape index (κ1) is 32.9. The molecule has 240 valence electrons. The van der Waals surface area contributed by atoms with E-state index in [0.717, 1.165) is 28.9 Å². The molecule has 4 aliphatic rings. The Labute approximate surface area is 266 Å². The fraction of sp³-hybridized carbons (Fsp3) is 0.600. The molecule has 0 spiro atoms. The van der Waals surface area contributed by atoms with Gasteiger partial charge in [0.1, 0.15) is 11.6 Å².